The Kier molecular flexibility index (Phi) is 9.01. The second-order valence-corrected chi connectivity index (χ2v) is 9.77. The van der Waals surface area contributed by atoms with Crippen molar-refractivity contribution in [2.24, 2.45) is 0 Å². The number of amides is 1. The molecule has 1 N–H and O–H groups in total. The summed E-state index contributed by atoms with van der Waals surface area (Å²) in [7, 11) is 0. The van der Waals surface area contributed by atoms with Crippen LogP contribution in [0.2, 0.25) is 0 Å². The molecular formula is C28H38N2O5. The molecule has 2 saturated heterocycles. The number of likely N-dealkylation sites (tertiary alicyclic amines) is 1. The van der Waals surface area contributed by atoms with E-state index in [2.05, 4.69) is 17.0 Å². The van der Waals surface area contributed by atoms with Crippen LogP contribution in [0.3, 0.4) is 0 Å². The molecule has 0 unspecified atom stereocenters. The molecule has 2 heterocycles. The van der Waals surface area contributed by atoms with Crippen molar-refractivity contribution >= 4 is 5.91 Å². The third-order valence-corrected chi connectivity index (χ3v) is 6.56. The van der Waals surface area contributed by atoms with Gasteiger partial charge in [0, 0.05) is 39.1 Å². The topological polar surface area (TPSA) is 71.5 Å². The Labute approximate surface area is 208 Å². The molecule has 1 amide bonds. The number of hydrogen-bond acceptors (Lipinski definition) is 6. The summed E-state index contributed by atoms with van der Waals surface area (Å²) in [6.45, 7) is 7.24. The van der Waals surface area contributed by atoms with Crippen molar-refractivity contribution in [1.29, 1.82) is 0 Å². The van der Waals surface area contributed by atoms with Crippen LogP contribution in [0.1, 0.15) is 36.8 Å². The summed E-state index contributed by atoms with van der Waals surface area (Å²) in [5, 5.41) is 11.2. The average Bonchev–Trinajstić information content (AvgIpc) is 3.05. The number of rotatable bonds is 10. The van der Waals surface area contributed by atoms with E-state index in [4.69, 9.17) is 14.2 Å². The Hall–Kier alpha value is -2.61. The molecule has 0 saturated carbocycles. The number of β-amino-alcohol motifs (C(OH)–C–C–N with tert-alkyl or cyclic N) is 1. The van der Waals surface area contributed by atoms with Gasteiger partial charge in [-0.3, -0.25) is 9.69 Å². The molecule has 0 aromatic heterocycles. The van der Waals surface area contributed by atoms with Crippen molar-refractivity contribution in [3.8, 4) is 11.5 Å². The highest BCUT2D eigenvalue weighted by Crippen LogP contribution is 2.20. The highest BCUT2D eigenvalue weighted by molar-refractivity contribution is 5.76. The first-order valence-electron chi connectivity index (χ1n) is 12.7. The molecule has 2 aliphatic rings. The largest absolute Gasteiger partial charge is 0.494 e. The third-order valence-electron chi connectivity index (χ3n) is 6.56. The van der Waals surface area contributed by atoms with Crippen LogP contribution in [0.25, 0.3) is 0 Å². The molecule has 0 aliphatic carbocycles. The quantitative estimate of drug-likeness (QED) is 0.524. The first kappa shape index (κ1) is 25.5. The Morgan fingerprint density at radius 1 is 1.00 bits per heavy atom. The van der Waals surface area contributed by atoms with Crippen LogP contribution in [0.5, 0.6) is 11.5 Å². The van der Waals surface area contributed by atoms with Crippen molar-refractivity contribution < 1.29 is 24.1 Å². The highest BCUT2D eigenvalue weighted by atomic mass is 16.5. The maximum Gasteiger partial charge on any atom is 0.222 e. The number of hydrogen-bond donors (Lipinski definition) is 1. The van der Waals surface area contributed by atoms with Gasteiger partial charge >= 0.3 is 0 Å². The van der Waals surface area contributed by atoms with Gasteiger partial charge in [0.05, 0.1) is 19.8 Å². The van der Waals surface area contributed by atoms with Gasteiger partial charge in [0.2, 0.25) is 5.91 Å². The molecule has 1 atom stereocenters. The van der Waals surface area contributed by atoms with Crippen molar-refractivity contribution in [3.05, 3.63) is 59.7 Å². The van der Waals surface area contributed by atoms with Crippen LogP contribution in [0.4, 0.5) is 0 Å². The second-order valence-electron chi connectivity index (χ2n) is 9.77. The SMILES string of the molecule is Cc1ccc(OC[C@@]2(O)COCCN(Cc3ccc(OCCCN4CCCCC4=O)cc3)C2)cc1. The molecule has 2 aliphatic heterocycles. The molecule has 4 rings (SSSR count). The third kappa shape index (κ3) is 7.95. The molecule has 0 radical (unpaired) electrons. The van der Waals surface area contributed by atoms with E-state index in [1.54, 1.807) is 0 Å². The summed E-state index contributed by atoms with van der Waals surface area (Å²) in [5.74, 6) is 1.85. The predicted molar refractivity (Wildman–Crippen MR) is 135 cm³/mol. The van der Waals surface area contributed by atoms with Crippen molar-refractivity contribution in [3.63, 3.8) is 0 Å². The monoisotopic (exact) mass is 482 g/mol. The predicted octanol–water partition coefficient (Wildman–Crippen LogP) is 3.42. The smallest absolute Gasteiger partial charge is 0.222 e. The molecule has 7 heteroatoms. The van der Waals surface area contributed by atoms with E-state index in [0.717, 1.165) is 56.0 Å². The summed E-state index contributed by atoms with van der Waals surface area (Å²) >= 11 is 0. The van der Waals surface area contributed by atoms with Gasteiger partial charge in [-0.05, 0) is 56.0 Å². The molecule has 2 aromatic carbocycles. The fourth-order valence-electron chi connectivity index (χ4n) is 4.56. The van der Waals surface area contributed by atoms with Gasteiger partial charge in [-0.15, -0.1) is 0 Å². The molecule has 35 heavy (non-hydrogen) atoms. The number of benzene rings is 2. The van der Waals surface area contributed by atoms with E-state index in [0.29, 0.717) is 32.7 Å². The zero-order valence-corrected chi connectivity index (χ0v) is 20.8. The minimum atomic E-state index is -1.07. The van der Waals surface area contributed by atoms with Crippen LogP contribution < -0.4 is 9.47 Å². The molecular weight excluding hydrogens is 444 g/mol. The van der Waals surface area contributed by atoms with Crippen LogP contribution in [0.15, 0.2) is 48.5 Å². The van der Waals surface area contributed by atoms with E-state index < -0.39 is 5.60 Å². The summed E-state index contributed by atoms with van der Waals surface area (Å²) < 4.78 is 17.4. The van der Waals surface area contributed by atoms with Gasteiger partial charge in [0.15, 0.2) is 0 Å². The number of carbonyl (C=O) groups is 1. The zero-order chi connectivity index (χ0) is 24.5. The van der Waals surface area contributed by atoms with E-state index >= 15 is 0 Å². The van der Waals surface area contributed by atoms with Gasteiger partial charge < -0.3 is 24.2 Å². The van der Waals surface area contributed by atoms with E-state index in [9.17, 15) is 9.90 Å². The van der Waals surface area contributed by atoms with E-state index in [1.165, 1.54) is 5.56 Å². The number of ether oxygens (including phenoxy) is 3. The van der Waals surface area contributed by atoms with Crippen LogP contribution in [-0.2, 0) is 16.1 Å². The average molecular weight is 483 g/mol. The molecule has 0 bridgehead atoms. The van der Waals surface area contributed by atoms with E-state index in [1.807, 2.05) is 48.2 Å². The van der Waals surface area contributed by atoms with Gasteiger partial charge in [-0.2, -0.15) is 0 Å². The lowest BCUT2D eigenvalue weighted by Gasteiger charge is -2.30. The van der Waals surface area contributed by atoms with Crippen molar-refractivity contribution in [2.45, 2.75) is 44.8 Å². The maximum atomic E-state index is 11.9. The molecule has 2 fully saturated rings. The molecule has 190 valence electrons. The summed E-state index contributed by atoms with van der Waals surface area (Å²) in [6, 6.07) is 15.9. The number of piperidine rings is 1. The van der Waals surface area contributed by atoms with Gasteiger partial charge in [-0.1, -0.05) is 29.8 Å². The zero-order valence-electron chi connectivity index (χ0n) is 20.8. The Morgan fingerprint density at radius 2 is 1.74 bits per heavy atom. The standard InChI is InChI=1S/C28H38N2O5/c1-23-6-10-26(11-7-23)35-22-28(32)20-29(16-18-33-21-28)19-24-8-12-25(13-9-24)34-17-4-15-30-14-3-2-5-27(30)31/h6-13,32H,2-5,14-22H2,1H3/t28-/m0/s1. The van der Waals surface area contributed by atoms with Crippen molar-refractivity contribution in [1.82, 2.24) is 9.80 Å². The minimum Gasteiger partial charge on any atom is -0.494 e. The molecule has 2 aromatic rings. The lowest BCUT2D eigenvalue weighted by atomic mass is 10.1. The summed E-state index contributed by atoms with van der Waals surface area (Å²) in [5.41, 5.74) is 1.26. The fourth-order valence-corrected chi connectivity index (χ4v) is 4.56. The van der Waals surface area contributed by atoms with Crippen LogP contribution in [-0.4, -0.2) is 79.0 Å². The Morgan fingerprint density at radius 3 is 2.51 bits per heavy atom. The highest BCUT2D eigenvalue weighted by Gasteiger charge is 2.33. The lowest BCUT2D eigenvalue weighted by Crippen LogP contribution is -2.48. The summed E-state index contributed by atoms with van der Waals surface area (Å²) in [4.78, 5) is 16.0. The Balaban J connectivity index is 1.22. The lowest BCUT2D eigenvalue weighted by molar-refractivity contribution is -0.133. The first-order valence-corrected chi connectivity index (χ1v) is 12.7. The van der Waals surface area contributed by atoms with Gasteiger partial charge in [0.1, 0.15) is 23.7 Å². The molecule has 0 spiro atoms. The summed E-state index contributed by atoms with van der Waals surface area (Å²) in [6.07, 6.45) is 3.64. The first-order chi connectivity index (χ1) is 17.0. The number of nitrogens with zero attached hydrogens (tertiary/aromatic N) is 2. The number of aliphatic hydroxyl groups is 1. The number of aryl methyl sites for hydroxylation is 1. The maximum absolute atomic E-state index is 11.9. The molecule has 7 nitrogen and oxygen atoms in total. The second kappa shape index (κ2) is 12.4. The van der Waals surface area contributed by atoms with Crippen LogP contribution >= 0.6 is 0 Å². The van der Waals surface area contributed by atoms with Gasteiger partial charge in [-0.25, -0.2) is 0 Å². The van der Waals surface area contributed by atoms with Crippen molar-refractivity contribution in [2.75, 3.05) is 52.6 Å². The Bertz CT molecular complexity index is 933. The van der Waals surface area contributed by atoms with Crippen LogP contribution in [0, 0.1) is 6.92 Å². The minimum absolute atomic E-state index is 0.183. The normalized spacial score (nSPS) is 21.5. The van der Waals surface area contributed by atoms with E-state index in [-0.39, 0.29) is 19.1 Å². The number of carbonyl (C=O) groups excluding carboxylic acids is 1. The fraction of sp³-hybridized carbons (Fsp3) is 0.536. The van der Waals surface area contributed by atoms with Gasteiger partial charge in [0.25, 0.3) is 0 Å².